The van der Waals surface area contributed by atoms with Gasteiger partial charge in [-0.05, 0) is 35.9 Å². The monoisotopic (exact) mass is 298 g/mol. The van der Waals surface area contributed by atoms with Crippen molar-refractivity contribution in [2.45, 2.75) is 6.04 Å². The Morgan fingerprint density at radius 2 is 1.89 bits per heavy atom. The molecule has 0 aliphatic heterocycles. The normalized spacial score (nSPS) is 12.2. The van der Waals surface area contributed by atoms with Crippen LogP contribution >= 0.6 is 23.2 Å². The van der Waals surface area contributed by atoms with Crippen molar-refractivity contribution >= 4 is 28.9 Å². The topological polar surface area (TPSA) is 38.0 Å². The summed E-state index contributed by atoms with van der Waals surface area (Å²) in [5, 5.41) is 4.11. The zero-order chi connectivity index (χ0) is 13.8. The molecule has 0 spiro atoms. The minimum Gasteiger partial charge on any atom is -0.376 e. The second kappa shape index (κ2) is 6.24. The Morgan fingerprint density at radius 1 is 1.16 bits per heavy atom. The van der Waals surface area contributed by atoms with Gasteiger partial charge >= 0.3 is 0 Å². The van der Waals surface area contributed by atoms with Crippen LogP contribution in [0.4, 0.5) is 10.1 Å². The lowest BCUT2D eigenvalue weighted by atomic mass is 10.1. The number of hydrogen-bond donors (Lipinski definition) is 2. The van der Waals surface area contributed by atoms with E-state index in [2.05, 4.69) is 5.32 Å². The highest BCUT2D eigenvalue weighted by molar-refractivity contribution is 6.33. The number of benzene rings is 2. The van der Waals surface area contributed by atoms with Crippen molar-refractivity contribution in [3.05, 3.63) is 63.9 Å². The van der Waals surface area contributed by atoms with Gasteiger partial charge in [-0.2, -0.15) is 0 Å². The minimum atomic E-state index is -0.387. The number of para-hydroxylation sites is 1. The molecule has 2 rings (SSSR count). The van der Waals surface area contributed by atoms with Gasteiger partial charge < -0.3 is 11.1 Å². The second-order valence-electron chi connectivity index (χ2n) is 4.12. The number of nitrogens with one attached hydrogen (secondary N) is 1. The molecule has 0 heterocycles. The third-order valence-corrected chi connectivity index (χ3v) is 3.27. The first-order chi connectivity index (χ1) is 9.10. The summed E-state index contributed by atoms with van der Waals surface area (Å²) in [5.41, 5.74) is 7.17. The van der Waals surface area contributed by atoms with Crippen molar-refractivity contribution in [2.24, 2.45) is 5.73 Å². The van der Waals surface area contributed by atoms with E-state index in [0.717, 1.165) is 5.69 Å². The first-order valence-electron chi connectivity index (χ1n) is 5.77. The Hall–Kier alpha value is -1.29. The van der Waals surface area contributed by atoms with Crippen LogP contribution in [0, 0.1) is 5.82 Å². The van der Waals surface area contributed by atoms with Gasteiger partial charge in [-0.15, -0.1) is 0 Å². The average Bonchev–Trinajstić information content (AvgIpc) is 2.36. The molecule has 0 aromatic heterocycles. The number of rotatable bonds is 4. The Kier molecular flexibility index (Phi) is 4.64. The molecule has 0 saturated carbocycles. The van der Waals surface area contributed by atoms with Crippen LogP contribution in [0.15, 0.2) is 42.5 Å². The van der Waals surface area contributed by atoms with Gasteiger partial charge in [0.05, 0.1) is 16.8 Å². The molecule has 2 nitrogen and oxygen atoms in total. The average molecular weight is 299 g/mol. The first kappa shape index (κ1) is 14.1. The summed E-state index contributed by atoms with van der Waals surface area (Å²) in [7, 11) is 0. The zero-order valence-corrected chi connectivity index (χ0v) is 11.5. The molecule has 19 heavy (non-hydrogen) atoms. The van der Waals surface area contributed by atoms with Crippen molar-refractivity contribution in [2.75, 3.05) is 11.9 Å². The van der Waals surface area contributed by atoms with Gasteiger partial charge in [-0.25, -0.2) is 4.39 Å². The van der Waals surface area contributed by atoms with Crippen molar-refractivity contribution in [1.29, 1.82) is 0 Å². The molecule has 0 fully saturated rings. The lowest BCUT2D eigenvalue weighted by Gasteiger charge is -2.19. The Labute approximate surface area is 121 Å². The van der Waals surface area contributed by atoms with Gasteiger partial charge in [-0.3, -0.25) is 0 Å². The van der Waals surface area contributed by atoms with Crippen LogP contribution in [0.3, 0.4) is 0 Å². The lowest BCUT2D eigenvalue weighted by Crippen LogP contribution is -2.20. The van der Waals surface area contributed by atoms with Crippen LogP contribution < -0.4 is 11.1 Å². The lowest BCUT2D eigenvalue weighted by molar-refractivity contribution is 0.622. The molecule has 0 saturated heterocycles. The van der Waals surface area contributed by atoms with Gasteiger partial charge in [0, 0.05) is 11.6 Å². The van der Waals surface area contributed by atoms with Gasteiger partial charge in [-0.1, -0.05) is 35.3 Å². The summed E-state index contributed by atoms with van der Waals surface area (Å²) < 4.78 is 13.4. The van der Waals surface area contributed by atoms with Gasteiger partial charge in [0.1, 0.15) is 5.82 Å². The van der Waals surface area contributed by atoms with Crippen LogP contribution in [0.1, 0.15) is 11.6 Å². The number of nitrogens with two attached hydrogens (primary N) is 1. The van der Waals surface area contributed by atoms with E-state index in [-0.39, 0.29) is 11.9 Å². The van der Waals surface area contributed by atoms with E-state index < -0.39 is 0 Å². The Bertz CT molecular complexity index is 555. The second-order valence-corrected chi connectivity index (χ2v) is 4.96. The highest BCUT2D eigenvalue weighted by Gasteiger charge is 2.12. The smallest absolute Gasteiger partial charge is 0.125 e. The molecule has 1 unspecified atom stereocenters. The highest BCUT2D eigenvalue weighted by Crippen LogP contribution is 2.27. The van der Waals surface area contributed by atoms with E-state index in [9.17, 15) is 4.39 Å². The molecular formula is C14H13Cl2FN2. The predicted molar refractivity (Wildman–Crippen MR) is 78.3 cm³/mol. The number of halogens is 3. The van der Waals surface area contributed by atoms with Crippen LogP contribution in [-0.4, -0.2) is 6.54 Å². The first-order valence-corrected chi connectivity index (χ1v) is 6.53. The van der Waals surface area contributed by atoms with Crippen molar-refractivity contribution in [3.63, 3.8) is 0 Å². The zero-order valence-electron chi connectivity index (χ0n) is 10.0. The van der Waals surface area contributed by atoms with E-state index >= 15 is 0 Å². The maximum Gasteiger partial charge on any atom is 0.125 e. The van der Waals surface area contributed by atoms with Crippen molar-refractivity contribution < 1.29 is 4.39 Å². The molecule has 100 valence electrons. The van der Waals surface area contributed by atoms with E-state index in [1.807, 2.05) is 18.2 Å². The largest absolute Gasteiger partial charge is 0.376 e. The summed E-state index contributed by atoms with van der Waals surface area (Å²) in [5.74, 6) is -0.387. The molecule has 0 aliphatic carbocycles. The molecule has 2 aromatic rings. The van der Waals surface area contributed by atoms with E-state index in [4.69, 9.17) is 28.9 Å². The molecule has 0 bridgehead atoms. The molecule has 3 N–H and O–H groups in total. The van der Waals surface area contributed by atoms with Gasteiger partial charge in [0.2, 0.25) is 0 Å². The highest BCUT2D eigenvalue weighted by atomic mass is 35.5. The van der Waals surface area contributed by atoms with E-state index in [1.165, 1.54) is 12.1 Å². The van der Waals surface area contributed by atoms with Crippen LogP contribution in [0.2, 0.25) is 10.0 Å². The quantitative estimate of drug-likeness (QED) is 0.886. The van der Waals surface area contributed by atoms with E-state index in [1.54, 1.807) is 12.1 Å². The Morgan fingerprint density at radius 3 is 2.53 bits per heavy atom. The summed E-state index contributed by atoms with van der Waals surface area (Å²) >= 11 is 11.9. The molecule has 0 aliphatic rings. The molecule has 0 amide bonds. The van der Waals surface area contributed by atoms with Crippen LogP contribution in [0.25, 0.3) is 0 Å². The standard InChI is InChI=1S/C14H13Cl2FN2/c15-10-5-9(6-11(17)7-10)14(8-18)19-13-4-2-1-3-12(13)16/h1-7,14,19H,8,18H2. The summed E-state index contributed by atoms with van der Waals surface area (Å²) in [6, 6.07) is 11.4. The summed E-state index contributed by atoms with van der Waals surface area (Å²) in [6.07, 6.45) is 0. The van der Waals surface area contributed by atoms with E-state index in [0.29, 0.717) is 22.2 Å². The fraction of sp³-hybridized carbons (Fsp3) is 0.143. The van der Waals surface area contributed by atoms with Crippen LogP contribution in [0.5, 0.6) is 0 Å². The molecular weight excluding hydrogens is 286 g/mol. The third kappa shape index (κ3) is 3.60. The Balaban J connectivity index is 2.28. The maximum atomic E-state index is 13.4. The summed E-state index contributed by atoms with van der Waals surface area (Å²) in [4.78, 5) is 0. The third-order valence-electron chi connectivity index (χ3n) is 2.73. The minimum absolute atomic E-state index is 0.256. The maximum absolute atomic E-state index is 13.4. The number of anilines is 1. The fourth-order valence-electron chi connectivity index (χ4n) is 1.82. The number of hydrogen-bond acceptors (Lipinski definition) is 2. The molecule has 0 radical (unpaired) electrons. The molecule has 2 aromatic carbocycles. The fourth-order valence-corrected chi connectivity index (χ4v) is 2.24. The predicted octanol–water partition coefficient (Wildman–Crippen LogP) is 4.24. The SMILES string of the molecule is NCC(Nc1ccccc1Cl)c1cc(F)cc(Cl)c1. The van der Waals surface area contributed by atoms with Gasteiger partial charge in [0.15, 0.2) is 0 Å². The van der Waals surface area contributed by atoms with Gasteiger partial charge in [0.25, 0.3) is 0 Å². The van der Waals surface area contributed by atoms with Crippen LogP contribution in [-0.2, 0) is 0 Å². The van der Waals surface area contributed by atoms with Crippen molar-refractivity contribution in [1.82, 2.24) is 0 Å². The molecule has 1 atom stereocenters. The summed E-state index contributed by atoms with van der Waals surface area (Å²) in [6.45, 7) is 0.297. The van der Waals surface area contributed by atoms with Crippen molar-refractivity contribution in [3.8, 4) is 0 Å². The molecule has 5 heteroatoms.